The summed E-state index contributed by atoms with van der Waals surface area (Å²) in [6.45, 7) is 2.73. The van der Waals surface area contributed by atoms with Crippen molar-refractivity contribution in [3.8, 4) is 0 Å². The van der Waals surface area contributed by atoms with Crippen LogP contribution in [0.25, 0.3) is 10.4 Å². The third-order valence-corrected chi connectivity index (χ3v) is 4.73. The molecule has 1 heterocycles. The second-order valence-electron chi connectivity index (χ2n) is 6.99. The Labute approximate surface area is 183 Å². The molecular formula is C22H21N3O7. The van der Waals surface area contributed by atoms with Crippen molar-refractivity contribution in [3.05, 3.63) is 82.2 Å². The molecule has 10 heteroatoms. The van der Waals surface area contributed by atoms with Crippen LogP contribution < -0.4 is 0 Å². The number of carbonyl (C=O) groups is 3. The lowest BCUT2D eigenvalue weighted by atomic mass is 9.97. The highest BCUT2D eigenvalue weighted by Crippen LogP contribution is 2.30. The summed E-state index contributed by atoms with van der Waals surface area (Å²) < 4.78 is 22.0. The lowest BCUT2D eigenvalue weighted by molar-refractivity contribution is -0.259. The molecule has 0 spiro atoms. The Balaban J connectivity index is 1.96. The molecule has 0 aromatic heterocycles. The Morgan fingerprint density at radius 3 is 1.84 bits per heavy atom. The van der Waals surface area contributed by atoms with Gasteiger partial charge in [0.2, 0.25) is 12.4 Å². The van der Waals surface area contributed by atoms with Crippen molar-refractivity contribution in [2.45, 2.75) is 44.5 Å². The molecule has 2 aromatic rings. The molecule has 32 heavy (non-hydrogen) atoms. The van der Waals surface area contributed by atoms with Crippen molar-refractivity contribution in [1.29, 1.82) is 0 Å². The van der Waals surface area contributed by atoms with Crippen LogP contribution in [0.4, 0.5) is 0 Å². The first kappa shape index (κ1) is 22.8. The van der Waals surface area contributed by atoms with E-state index in [0.29, 0.717) is 0 Å². The lowest BCUT2D eigenvalue weighted by Crippen LogP contribution is -2.59. The van der Waals surface area contributed by atoms with Gasteiger partial charge < -0.3 is 18.9 Å². The fraction of sp³-hybridized carbons (Fsp3) is 0.318. The summed E-state index contributed by atoms with van der Waals surface area (Å²) in [5.74, 6) is -2.19. The molecule has 1 fully saturated rings. The van der Waals surface area contributed by atoms with E-state index in [1.807, 2.05) is 0 Å². The van der Waals surface area contributed by atoms with Crippen LogP contribution in [0.15, 0.2) is 65.8 Å². The van der Waals surface area contributed by atoms with Gasteiger partial charge in [-0.3, -0.25) is 4.79 Å². The fourth-order valence-corrected chi connectivity index (χ4v) is 3.25. The van der Waals surface area contributed by atoms with E-state index in [1.165, 1.54) is 12.1 Å². The number of nitrogens with zero attached hydrogens (tertiary/aromatic N) is 3. The van der Waals surface area contributed by atoms with Crippen LogP contribution >= 0.6 is 0 Å². The van der Waals surface area contributed by atoms with Gasteiger partial charge in [0.15, 0.2) is 6.10 Å². The Hall–Kier alpha value is -3.88. The van der Waals surface area contributed by atoms with Crippen molar-refractivity contribution < 1.29 is 33.3 Å². The van der Waals surface area contributed by atoms with E-state index < -0.39 is 48.6 Å². The third kappa shape index (κ3) is 5.42. The molecule has 3 rings (SSSR count). The number of esters is 3. The van der Waals surface area contributed by atoms with Gasteiger partial charge in [0.25, 0.3) is 0 Å². The number of carbonyl (C=O) groups excluding carboxylic acids is 3. The number of rotatable bonds is 6. The molecule has 2 aromatic carbocycles. The Morgan fingerprint density at radius 1 is 0.875 bits per heavy atom. The van der Waals surface area contributed by atoms with Gasteiger partial charge in [-0.15, -0.1) is 0 Å². The van der Waals surface area contributed by atoms with Gasteiger partial charge in [0.05, 0.1) is 17.2 Å². The molecule has 0 aliphatic carbocycles. The molecule has 1 saturated heterocycles. The van der Waals surface area contributed by atoms with Crippen molar-refractivity contribution in [2.24, 2.45) is 5.11 Å². The first-order valence-corrected chi connectivity index (χ1v) is 9.79. The average Bonchev–Trinajstić information content (AvgIpc) is 2.79. The van der Waals surface area contributed by atoms with Crippen LogP contribution in [0.3, 0.4) is 0 Å². The summed E-state index contributed by atoms with van der Waals surface area (Å²) in [5.41, 5.74) is 9.49. The van der Waals surface area contributed by atoms with E-state index in [2.05, 4.69) is 10.0 Å². The minimum atomic E-state index is -1.38. The van der Waals surface area contributed by atoms with Crippen LogP contribution in [0.2, 0.25) is 0 Å². The highest BCUT2D eigenvalue weighted by Gasteiger charge is 2.50. The maximum absolute atomic E-state index is 12.8. The van der Waals surface area contributed by atoms with Gasteiger partial charge in [0.1, 0.15) is 6.04 Å². The first-order valence-electron chi connectivity index (χ1n) is 9.79. The monoisotopic (exact) mass is 439 g/mol. The van der Waals surface area contributed by atoms with Gasteiger partial charge in [0, 0.05) is 11.8 Å². The highest BCUT2D eigenvalue weighted by atomic mass is 16.7. The van der Waals surface area contributed by atoms with Crippen molar-refractivity contribution in [3.63, 3.8) is 0 Å². The Morgan fingerprint density at radius 2 is 1.38 bits per heavy atom. The summed E-state index contributed by atoms with van der Waals surface area (Å²) >= 11 is 0. The number of azide groups is 1. The van der Waals surface area contributed by atoms with E-state index in [4.69, 9.17) is 24.5 Å². The Bertz CT molecular complexity index is 1010. The topological polar surface area (TPSA) is 137 Å². The maximum Gasteiger partial charge on any atom is 0.338 e. The largest absolute Gasteiger partial charge is 0.454 e. The predicted molar refractivity (Wildman–Crippen MR) is 110 cm³/mol. The molecule has 2 unspecified atom stereocenters. The van der Waals surface area contributed by atoms with E-state index in [0.717, 1.165) is 6.92 Å². The number of ether oxygens (including phenoxy) is 4. The van der Waals surface area contributed by atoms with E-state index in [-0.39, 0.29) is 11.1 Å². The summed E-state index contributed by atoms with van der Waals surface area (Å²) in [6, 6.07) is 15.2. The molecule has 166 valence electrons. The quantitative estimate of drug-likeness (QED) is 0.221. The molecule has 0 saturated carbocycles. The van der Waals surface area contributed by atoms with Crippen LogP contribution in [-0.4, -0.2) is 48.6 Å². The second-order valence-corrected chi connectivity index (χ2v) is 6.99. The van der Waals surface area contributed by atoms with Gasteiger partial charge >= 0.3 is 17.9 Å². The average molecular weight is 439 g/mol. The zero-order chi connectivity index (χ0) is 23.1. The maximum atomic E-state index is 12.8. The third-order valence-electron chi connectivity index (χ3n) is 4.73. The predicted octanol–water partition coefficient (Wildman–Crippen LogP) is 3.42. The van der Waals surface area contributed by atoms with E-state index >= 15 is 0 Å². The molecular weight excluding hydrogens is 418 g/mol. The Kier molecular flexibility index (Phi) is 7.43. The van der Waals surface area contributed by atoms with Gasteiger partial charge in [-0.25, -0.2) is 9.59 Å². The number of hydrogen-bond acceptors (Lipinski definition) is 8. The van der Waals surface area contributed by atoms with Crippen molar-refractivity contribution in [2.75, 3.05) is 0 Å². The van der Waals surface area contributed by atoms with E-state index in [1.54, 1.807) is 55.5 Å². The van der Waals surface area contributed by atoms with Crippen LogP contribution in [0.1, 0.15) is 34.6 Å². The summed E-state index contributed by atoms with van der Waals surface area (Å²) in [6.07, 6.45) is -4.85. The fourth-order valence-electron chi connectivity index (χ4n) is 3.25. The van der Waals surface area contributed by atoms with Crippen molar-refractivity contribution in [1.82, 2.24) is 0 Å². The smallest absolute Gasteiger partial charge is 0.338 e. The molecule has 0 N–H and O–H groups in total. The molecule has 1 aliphatic heterocycles. The van der Waals surface area contributed by atoms with Crippen LogP contribution in [-0.2, 0) is 23.7 Å². The summed E-state index contributed by atoms with van der Waals surface area (Å²) in [5, 5.41) is 3.68. The zero-order valence-electron chi connectivity index (χ0n) is 17.4. The van der Waals surface area contributed by atoms with Crippen LogP contribution in [0.5, 0.6) is 0 Å². The van der Waals surface area contributed by atoms with Crippen LogP contribution in [0, 0.1) is 0 Å². The number of benzene rings is 2. The molecule has 1 aliphatic rings. The standard InChI is InChI=1S/C22H21N3O7/c1-13-17(24-25-23)18(31-20(27)15-9-5-3-6-10-15)19(22(29-13)30-14(2)26)32-21(28)16-11-7-4-8-12-16/h3-13,17-19,22H,1-2H3/t13?,17-,18?,19-,22-/m1/s1. The highest BCUT2D eigenvalue weighted by molar-refractivity contribution is 5.90. The molecule has 0 radical (unpaired) electrons. The second kappa shape index (κ2) is 10.4. The summed E-state index contributed by atoms with van der Waals surface area (Å²) in [4.78, 5) is 39.9. The minimum Gasteiger partial charge on any atom is -0.454 e. The molecule has 0 bridgehead atoms. The lowest BCUT2D eigenvalue weighted by Gasteiger charge is -2.42. The molecule has 10 nitrogen and oxygen atoms in total. The van der Waals surface area contributed by atoms with Gasteiger partial charge in [-0.05, 0) is 36.7 Å². The number of hydrogen-bond donors (Lipinski definition) is 0. The van der Waals surface area contributed by atoms with E-state index in [9.17, 15) is 14.4 Å². The van der Waals surface area contributed by atoms with Gasteiger partial charge in [-0.1, -0.05) is 41.5 Å². The SMILES string of the molecule is CC(=O)O[C@H]1OC(C)[C@@H](N=[N+]=[N-])C(OC(=O)c2ccccc2)[C@H]1OC(=O)c1ccccc1. The first-order chi connectivity index (χ1) is 15.4. The summed E-state index contributed by atoms with van der Waals surface area (Å²) in [7, 11) is 0. The zero-order valence-corrected chi connectivity index (χ0v) is 17.4. The van der Waals surface area contributed by atoms with Crippen molar-refractivity contribution >= 4 is 17.9 Å². The normalized spacial score (nSPS) is 24.5. The minimum absolute atomic E-state index is 0.223. The van der Waals surface area contributed by atoms with Gasteiger partial charge in [-0.2, -0.15) is 0 Å². The molecule has 0 amide bonds. The molecule has 5 atom stereocenters.